The third-order valence-corrected chi connectivity index (χ3v) is 2.07. The topological polar surface area (TPSA) is 35.0 Å². The number of fused-ring (bicyclic) bond motifs is 1. The number of rotatable bonds is 1. The zero-order valence-corrected chi connectivity index (χ0v) is 7.75. The molecule has 0 saturated carbocycles. The van der Waals surface area contributed by atoms with Crippen LogP contribution in [0.25, 0.3) is 10.9 Å². The first kappa shape index (κ1) is 8.26. The molecule has 0 saturated heterocycles. The first-order valence-electron chi connectivity index (χ1n) is 3.74. The third-order valence-electron chi connectivity index (χ3n) is 1.78. The molecule has 0 atom stereocenters. The molecule has 0 fully saturated rings. The highest BCUT2D eigenvalue weighted by molar-refractivity contribution is 6.32. The van der Waals surface area contributed by atoms with Crippen LogP contribution in [-0.4, -0.2) is 17.1 Å². The summed E-state index contributed by atoms with van der Waals surface area (Å²) in [4.78, 5) is 7.97. The van der Waals surface area contributed by atoms with E-state index in [1.54, 1.807) is 19.4 Å². The van der Waals surface area contributed by atoms with Crippen molar-refractivity contribution in [1.29, 1.82) is 0 Å². The Kier molecular flexibility index (Phi) is 2.02. The number of halogens is 1. The minimum atomic E-state index is 0.564. The van der Waals surface area contributed by atoms with Gasteiger partial charge in [0.1, 0.15) is 12.1 Å². The average Bonchev–Trinajstić information content (AvgIpc) is 2.17. The fourth-order valence-corrected chi connectivity index (χ4v) is 1.37. The molecule has 1 aromatic heterocycles. The van der Waals surface area contributed by atoms with E-state index in [0.29, 0.717) is 10.8 Å². The number of hydrogen-bond acceptors (Lipinski definition) is 3. The van der Waals surface area contributed by atoms with Crippen LogP contribution < -0.4 is 4.74 Å². The van der Waals surface area contributed by atoms with E-state index in [4.69, 9.17) is 16.3 Å². The first-order chi connectivity index (χ1) is 6.31. The second-order valence-corrected chi connectivity index (χ2v) is 2.98. The van der Waals surface area contributed by atoms with E-state index in [1.807, 2.05) is 6.07 Å². The maximum Gasteiger partial charge on any atom is 0.138 e. The van der Waals surface area contributed by atoms with Crippen molar-refractivity contribution < 1.29 is 4.74 Å². The summed E-state index contributed by atoms with van der Waals surface area (Å²) in [6.45, 7) is 0. The van der Waals surface area contributed by atoms with Crippen molar-refractivity contribution in [2.75, 3.05) is 7.11 Å². The predicted molar refractivity (Wildman–Crippen MR) is 51.1 cm³/mol. The van der Waals surface area contributed by atoms with Gasteiger partial charge in [0.2, 0.25) is 0 Å². The Hall–Kier alpha value is -1.35. The van der Waals surface area contributed by atoms with E-state index in [9.17, 15) is 0 Å². The lowest BCUT2D eigenvalue weighted by Gasteiger charge is -2.03. The second-order valence-electron chi connectivity index (χ2n) is 2.57. The van der Waals surface area contributed by atoms with E-state index in [-0.39, 0.29) is 0 Å². The number of aromatic nitrogens is 2. The summed E-state index contributed by atoms with van der Waals surface area (Å²) in [6.07, 6.45) is 3.21. The van der Waals surface area contributed by atoms with Gasteiger partial charge in [0.25, 0.3) is 0 Å². The SMILES string of the molecule is COc1cc2cncnc2cc1Cl. The molecule has 0 N–H and O–H groups in total. The third kappa shape index (κ3) is 1.42. The predicted octanol–water partition coefficient (Wildman–Crippen LogP) is 2.29. The zero-order valence-electron chi connectivity index (χ0n) is 6.99. The van der Waals surface area contributed by atoms with E-state index in [0.717, 1.165) is 10.9 Å². The second kappa shape index (κ2) is 3.18. The van der Waals surface area contributed by atoms with Crippen molar-refractivity contribution in [1.82, 2.24) is 9.97 Å². The van der Waals surface area contributed by atoms with Crippen LogP contribution in [0.4, 0.5) is 0 Å². The van der Waals surface area contributed by atoms with E-state index in [2.05, 4.69) is 9.97 Å². The molecule has 0 aliphatic rings. The van der Waals surface area contributed by atoms with Crippen LogP contribution in [0.15, 0.2) is 24.7 Å². The summed E-state index contributed by atoms with van der Waals surface area (Å²) >= 11 is 5.92. The van der Waals surface area contributed by atoms with Crippen molar-refractivity contribution in [2.45, 2.75) is 0 Å². The molecule has 0 bridgehead atoms. The Labute approximate surface area is 80.3 Å². The van der Waals surface area contributed by atoms with Crippen molar-refractivity contribution in [3.8, 4) is 5.75 Å². The quantitative estimate of drug-likeness (QED) is 0.699. The van der Waals surface area contributed by atoms with Crippen LogP contribution in [0.3, 0.4) is 0 Å². The van der Waals surface area contributed by atoms with Gasteiger partial charge in [-0.25, -0.2) is 9.97 Å². The Morgan fingerprint density at radius 1 is 1.38 bits per heavy atom. The van der Waals surface area contributed by atoms with Gasteiger partial charge in [-0.15, -0.1) is 0 Å². The molecular weight excluding hydrogens is 188 g/mol. The van der Waals surface area contributed by atoms with Gasteiger partial charge >= 0.3 is 0 Å². The normalized spacial score (nSPS) is 10.3. The van der Waals surface area contributed by atoms with Gasteiger partial charge in [-0.1, -0.05) is 11.6 Å². The minimum Gasteiger partial charge on any atom is -0.495 e. The Morgan fingerprint density at radius 3 is 3.00 bits per heavy atom. The van der Waals surface area contributed by atoms with E-state index < -0.39 is 0 Å². The number of ether oxygens (including phenoxy) is 1. The molecule has 0 radical (unpaired) electrons. The highest BCUT2D eigenvalue weighted by Crippen LogP contribution is 2.28. The summed E-state index contributed by atoms with van der Waals surface area (Å²) in [5, 5.41) is 1.48. The maximum absolute atomic E-state index is 5.92. The summed E-state index contributed by atoms with van der Waals surface area (Å²) < 4.78 is 5.07. The molecule has 0 unspecified atom stereocenters. The lowest BCUT2D eigenvalue weighted by Crippen LogP contribution is -1.86. The van der Waals surface area contributed by atoms with Crippen LogP contribution in [0.5, 0.6) is 5.75 Å². The van der Waals surface area contributed by atoms with Gasteiger partial charge in [0.05, 0.1) is 17.6 Å². The van der Waals surface area contributed by atoms with Crippen LogP contribution in [-0.2, 0) is 0 Å². The fourth-order valence-electron chi connectivity index (χ4n) is 1.14. The summed E-state index contributed by atoms with van der Waals surface area (Å²) in [5.74, 6) is 0.643. The van der Waals surface area contributed by atoms with Gasteiger partial charge in [0.15, 0.2) is 0 Å². The first-order valence-corrected chi connectivity index (χ1v) is 4.12. The van der Waals surface area contributed by atoms with Gasteiger partial charge in [-0.05, 0) is 12.1 Å². The molecule has 13 heavy (non-hydrogen) atoms. The largest absolute Gasteiger partial charge is 0.495 e. The summed E-state index contributed by atoms with van der Waals surface area (Å²) in [5.41, 5.74) is 0.820. The van der Waals surface area contributed by atoms with E-state index >= 15 is 0 Å². The van der Waals surface area contributed by atoms with Crippen molar-refractivity contribution in [3.05, 3.63) is 29.7 Å². The molecule has 0 aliphatic heterocycles. The lowest BCUT2D eigenvalue weighted by atomic mass is 10.2. The fraction of sp³-hybridized carbons (Fsp3) is 0.111. The Morgan fingerprint density at radius 2 is 2.23 bits per heavy atom. The molecule has 3 nitrogen and oxygen atoms in total. The zero-order chi connectivity index (χ0) is 9.26. The molecule has 1 aromatic carbocycles. The average molecular weight is 195 g/mol. The molecule has 2 rings (SSSR count). The highest BCUT2D eigenvalue weighted by Gasteiger charge is 2.02. The molecule has 2 aromatic rings. The van der Waals surface area contributed by atoms with E-state index in [1.165, 1.54) is 6.33 Å². The molecular formula is C9H7ClN2O. The molecule has 1 heterocycles. The number of methoxy groups -OCH3 is 1. The standard InChI is InChI=1S/C9H7ClN2O/c1-13-9-2-6-4-11-5-12-8(6)3-7(9)10/h2-5H,1H3. The number of hydrogen-bond donors (Lipinski definition) is 0. The van der Waals surface area contributed by atoms with Gasteiger partial charge in [0, 0.05) is 11.6 Å². The monoisotopic (exact) mass is 194 g/mol. The smallest absolute Gasteiger partial charge is 0.138 e. The molecule has 0 aliphatic carbocycles. The van der Waals surface area contributed by atoms with Gasteiger partial charge in [-0.3, -0.25) is 0 Å². The van der Waals surface area contributed by atoms with Crippen LogP contribution in [0, 0.1) is 0 Å². The van der Waals surface area contributed by atoms with Crippen LogP contribution in [0.2, 0.25) is 5.02 Å². The van der Waals surface area contributed by atoms with Crippen molar-refractivity contribution in [3.63, 3.8) is 0 Å². The van der Waals surface area contributed by atoms with Crippen LogP contribution >= 0.6 is 11.6 Å². The minimum absolute atomic E-state index is 0.564. The molecule has 0 amide bonds. The molecule has 4 heteroatoms. The van der Waals surface area contributed by atoms with Crippen LogP contribution in [0.1, 0.15) is 0 Å². The number of benzene rings is 1. The lowest BCUT2D eigenvalue weighted by molar-refractivity contribution is 0.415. The van der Waals surface area contributed by atoms with Gasteiger partial charge < -0.3 is 4.74 Å². The Balaban J connectivity index is 2.74. The number of nitrogens with zero attached hydrogens (tertiary/aromatic N) is 2. The van der Waals surface area contributed by atoms with Crippen molar-refractivity contribution >= 4 is 22.5 Å². The summed E-state index contributed by atoms with van der Waals surface area (Å²) in [7, 11) is 1.58. The molecule has 0 spiro atoms. The maximum atomic E-state index is 5.92. The van der Waals surface area contributed by atoms with Gasteiger partial charge in [-0.2, -0.15) is 0 Å². The summed E-state index contributed by atoms with van der Waals surface area (Å²) in [6, 6.07) is 3.58. The highest BCUT2D eigenvalue weighted by atomic mass is 35.5. The van der Waals surface area contributed by atoms with Crippen molar-refractivity contribution in [2.24, 2.45) is 0 Å². The molecule has 66 valence electrons. The Bertz CT molecular complexity index is 445.